The first-order valence-corrected chi connectivity index (χ1v) is 6.75. The summed E-state index contributed by atoms with van der Waals surface area (Å²) in [7, 11) is -4.62. The number of sulfone groups is 1. The lowest BCUT2D eigenvalue weighted by Gasteiger charge is -2.16. The molecule has 0 bridgehead atoms. The van der Waals surface area contributed by atoms with E-state index in [1.807, 2.05) is 0 Å². The van der Waals surface area contributed by atoms with Gasteiger partial charge in [0.15, 0.2) is 0 Å². The fourth-order valence-electron chi connectivity index (χ4n) is 1.42. The van der Waals surface area contributed by atoms with Crippen LogP contribution in [-0.4, -0.2) is 20.2 Å². The Hall–Kier alpha value is -1.61. The third kappa shape index (κ3) is 3.20. The molecule has 0 aromatic heterocycles. The van der Waals surface area contributed by atoms with Gasteiger partial charge in [0.05, 0.1) is 10.6 Å². The zero-order valence-corrected chi connectivity index (χ0v) is 10.5. The van der Waals surface area contributed by atoms with Crippen molar-refractivity contribution in [2.24, 2.45) is 0 Å². The van der Waals surface area contributed by atoms with Crippen LogP contribution >= 0.6 is 0 Å². The maximum atomic E-state index is 12.5. The highest BCUT2D eigenvalue weighted by molar-refractivity contribution is 7.91. The number of rotatable bonds is 5. The second-order valence-corrected chi connectivity index (χ2v) is 5.64. The number of anilines is 1. The molecular weight excluding hydrogens is 260 g/mol. The van der Waals surface area contributed by atoms with Crippen LogP contribution in [0, 0.1) is 12.3 Å². The van der Waals surface area contributed by atoms with Gasteiger partial charge in [0.1, 0.15) is 0 Å². The van der Waals surface area contributed by atoms with Gasteiger partial charge in [-0.3, -0.25) is 0 Å². The molecule has 0 saturated heterocycles. The van der Waals surface area contributed by atoms with Gasteiger partial charge in [0, 0.05) is 12.5 Å². The van der Waals surface area contributed by atoms with Crippen LogP contribution in [0.5, 0.6) is 0 Å². The Kier molecular flexibility index (Phi) is 4.68. The van der Waals surface area contributed by atoms with E-state index in [0.717, 1.165) is 6.07 Å². The Balaban J connectivity index is 3.13. The predicted molar refractivity (Wildman–Crippen MR) is 66.2 cm³/mol. The average molecular weight is 273 g/mol. The van der Waals surface area contributed by atoms with Crippen LogP contribution in [-0.2, 0) is 9.84 Å². The minimum atomic E-state index is -4.62. The van der Waals surface area contributed by atoms with Crippen molar-refractivity contribution >= 4 is 15.5 Å². The molecule has 0 aliphatic carbocycles. The molecule has 0 aliphatic rings. The average Bonchev–Trinajstić information content (AvgIpc) is 2.29. The Morgan fingerprint density at radius 1 is 1.39 bits per heavy atom. The molecule has 0 amide bonds. The van der Waals surface area contributed by atoms with E-state index in [4.69, 9.17) is 6.42 Å². The molecule has 1 aromatic carbocycles. The molecule has 1 rings (SSSR count). The topological polar surface area (TPSA) is 46.2 Å². The van der Waals surface area contributed by atoms with E-state index >= 15 is 0 Å². The van der Waals surface area contributed by atoms with Crippen LogP contribution in [0.4, 0.5) is 14.5 Å². The van der Waals surface area contributed by atoms with E-state index in [1.54, 1.807) is 13.0 Å². The third-order valence-corrected chi connectivity index (χ3v) is 3.69. The standard InChI is InChI=1S/C12H13F2NO2S/c1-3-6-9(2)15-10-7-4-5-8-11(10)18(16,17)12(13)14/h1,4-5,7-9,12,15H,6H2,2H3. The molecule has 0 radical (unpaired) electrons. The maximum absolute atomic E-state index is 12.5. The first-order valence-electron chi connectivity index (χ1n) is 5.20. The van der Waals surface area contributed by atoms with Crippen LogP contribution in [0.3, 0.4) is 0 Å². The number of hydrogen-bond donors (Lipinski definition) is 1. The summed E-state index contributed by atoms with van der Waals surface area (Å²) >= 11 is 0. The van der Waals surface area contributed by atoms with Crippen molar-refractivity contribution in [2.75, 3.05) is 5.32 Å². The van der Waals surface area contributed by atoms with Crippen molar-refractivity contribution in [2.45, 2.75) is 30.0 Å². The first-order chi connectivity index (χ1) is 8.39. The summed E-state index contributed by atoms with van der Waals surface area (Å²) in [6, 6.07) is 5.33. The number of alkyl halides is 2. The van der Waals surface area contributed by atoms with E-state index in [-0.39, 0.29) is 11.7 Å². The van der Waals surface area contributed by atoms with Gasteiger partial charge in [-0.05, 0) is 19.1 Å². The predicted octanol–water partition coefficient (Wildman–Crippen LogP) is 2.51. The van der Waals surface area contributed by atoms with Crippen LogP contribution < -0.4 is 5.32 Å². The Morgan fingerprint density at radius 3 is 2.56 bits per heavy atom. The number of benzene rings is 1. The molecule has 0 spiro atoms. The molecule has 6 heteroatoms. The van der Waals surface area contributed by atoms with Crippen molar-refractivity contribution in [1.82, 2.24) is 0 Å². The highest BCUT2D eigenvalue weighted by atomic mass is 32.2. The van der Waals surface area contributed by atoms with Crippen LogP contribution in [0.2, 0.25) is 0 Å². The molecule has 1 N–H and O–H groups in total. The van der Waals surface area contributed by atoms with Crippen LogP contribution in [0.15, 0.2) is 29.2 Å². The quantitative estimate of drug-likeness (QED) is 0.838. The SMILES string of the molecule is C#CCC(C)Nc1ccccc1S(=O)(=O)C(F)F. The summed E-state index contributed by atoms with van der Waals surface area (Å²) in [6.07, 6.45) is 5.49. The van der Waals surface area contributed by atoms with Gasteiger partial charge in [-0.1, -0.05) is 12.1 Å². The van der Waals surface area contributed by atoms with E-state index in [2.05, 4.69) is 11.2 Å². The van der Waals surface area contributed by atoms with Gasteiger partial charge < -0.3 is 5.32 Å². The normalized spacial score (nSPS) is 13.1. The summed E-state index contributed by atoms with van der Waals surface area (Å²) in [4.78, 5) is -0.413. The number of halogens is 2. The number of para-hydroxylation sites is 1. The minimum absolute atomic E-state index is 0.139. The third-order valence-electron chi connectivity index (χ3n) is 2.25. The smallest absolute Gasteiger partial charge is 0.341 e. The van der Waals surface area contributed by atoms with Crippen molar-refractivity contribution in [3.05, 3.63) is 24.3 Å². The molecular formula is C12H13F2NO2S. The van der Waals surface area contributed by atoms with E-state index in [9.17, 15) is 17.2 Å². The number of nitrogens with one attached hydrogen (secondary N) is 1. The Bertz CT molecular complexity index is 549. The maximum Gasteiger partial charge on any atom is 0.341 e. The minimum Gasteiger partial charge on any atom is -0.381 e. The zero-order chi connectivity index (χ0) is 13.8. The summed E-state index contributed by atoms with van der Waals surface area (Å²) in [5.74, 6) is -1.03. The second kappa shape index (κ2) is 5.83. The fourth-order valence-corrected chi connectivity index (χ4v) is 2.32. The highest BCUT2D eigenvalue weighted by Gasteiger charge is 2.29. The molecule has 1 unspecified atom stereocenters. The number of terminal acetylenes is 1. The lowest BCUT2D eigenvalue weighted by molar-refractivity contribution is 0.235. The number of hydrogen-bond acceptors (Lipinski definition) is 3. The molecule has 18 heavy (non-hydrogen) atoms. The molecule has 98 valence electrons. The summed E-state index contributed by atoms with van der Waals surface area (Å²) in [5.41, 5.74) is 0.139. The summed E-state index contributed by atoms with van der Waals surface area (Å²) in [6.45, 7) is 1.74. The summed E-state index contributed by atoms with van der Waals surface area (Å²) < 4.78 is 48.0. The molecule has 1 atom stereocenters. The highest BCUT2D eigenvalue weighted by Crippen LogP contribution is 2.26. The molecule has 0 heterocycles. The Labute approximate surface area is 105 Å². The van der Waals surface area contributed by atoms with Crippen LogP contribution in [0.25, 0.3) is 0 Å². The van der Waals surface area contributed by atoms with E-state index < -0.39 is 20.5 Å². The van der Waals surface area contributed by atoms with Gasteiger partial charge in [0.2, 0.25) is 9.84 Å². The van der Waals surface area contributed by atoms with Gasteiger partial charge >= 0.3 is 5.76 Å². The lowest BCUT2D eigenvalue weighted by Crippen LogP contribution is -2.19. The Morgan fingerprint density at radius 2 is 2.00 bits per heavy atom. The fraction of sp³-hybridized carbons (Fsp3) is 0.333. The molecule has 1 aromatic rings. The largest absolute Gasteiger partial charge is 0.381 e. The van der Waals surface area contributed by atoms with Crippen molar-refractivity contribution in [1.29, 1.82) is 0 Å². The van der Waals surface area contributed by atoms with Gasteiger partial charge in [0.25, 0.3) is 0 Å². The lowest BCUT2D eigenvalue weighted by atomic mass is 10.2. The summed E-state index contributed by atoms with van der Waals surface area (Å²) in [5, 5.41) is 2.82. The molecule has 0 aliphatic heterocycles. The monoisotopic (exact) mass is 273 g/mol. The molecule has 0 saturated carbocycles. The molecule has 0 fully saturated rings. The van der Waals surface area contributed by atoms with Crippen molar-refractivity contribution in [3.63, 3.8) is 0 Å². The van der Waals surface area contributed by atoms with Gasteiger partial charge in [-0.15, -0.1) is 12.3 Å². The van der Waals surface area contributed by atoms with Crippen molar-refractivity contribution in [3.8, 4) is 12.3 Å². The second-order valence-electron chi connectivity index (χ2n) is 3.76. The first kappa shape index (κ1) is 14.5. The zero-order valence-electron chi connectivity index (χ0n) is 9.73. The van der Waals surface area contributed by atoms with Crippen molar-refractivity contribution < 1.29 is 17.2 Å². The van der Waals surface area contributed by atoms with Crippen LogP contribution in [0.1, 0.15) is 13.3 Å². The van der Waals surface area contributed by atoms with E-state index in [1.165, 1.54) is 12.1 Å². The van der Waals surface area contributed by atoms with E-state index in [0.29, 0.717) is 6.42 Å². The van der Waals surface area contributed by atoms with Gasteiger partial charge in [-0.25, -0.2) is 8.42 Å². The molecule has 3 nitrogen and oxygen atoms in total. The van der Waals surface area contributed by atoms with Gasteiger partial charge in [-0.2, -0.15) is 8.78 Å².